The van der Waals surface area contributed by atoms with Crippen LogP contribution in [0.25, 0.3) is 0 Å². The molecule has 41 heavy (non-hydrogen) atoms. The number of sulfonamides is 1. The molecule has 1 unspecified atom stereocenters. The standard InChI is InChI=1S/C30H41FN2O7S/c1-4-6-7-8-16-41(36,37)33(13-5-2)15-14-32-19-23(21-9-12-26-27(18-21)40-20-39-26)28(30(34)35)29(32)22-10-11-25(38-3)24(31)17-22/h9-12,17-18,23,28-29H,4-8,13-16,19-20H2,1-3H3,(H,34,35)/t23?,28-,29+/m0/s1. The van der Waals surface area contributed by atoms with Crippen LogP contribution in [0.3, 0.4) is 0 Å². The first-order chi connectivity index (χ1) is 19.7. The Labute approximate surface area is 242 Å². The van der Waals surface area contributed by atoms with E-state index in [4.69, 9.17) is 14.2 Å². The predicted molar refractivity (Wildman–Crippen MR) is 153 cm³/mol. The Hall–Kier alpha value is -2.89. The van der Waals surface area contributed by atoms with Gasteiger partial charge in [0.15, 0.2) is 23.1 Å². The summed E-state index contributed by atoms with van der Waals surface area (Å²) in [5, 5.41) is 10.5. The number of rotatable bonds is 15. The summed E-state index contributed by atoms with van der Waals surface area (Å²) < 4.78 is 58.9. The van der Waals surface area contributed by atoms with Crippen molar-refractivity contribution in [2.24, 2.45) is 5.92 Å². The van der Waals surface area contributed by atoms with Crippen molar-refractivity contribution in [2.45, 2.75) is 57.9 Å². The molecule has 0 bridgehead atoms. The summed E-state index contributed by atoms with van der Waals surface area (Å²) in [6, 6.07) is 9.25. The van der Waals surface area contributed by atoms with Gasteiger partial charge in [-0.15, -0.1) is 0 Å². The van der Waals surface area contributed by atoms with Crippen LogP contribution in [-0.4, -0.2) is 74.5 Å². The molecule has 2 aromatic rings. The molecule has 0 radical (unpaired) electrons. The maximum absolute atomic E-state index is 14.9. The van der Waals surface area contributed by atoms with Gasteiger partial charge in [-0.05, 0) is 48.2 Å². The zero-order valence-corrected chi connectivity index (χ0v) is 24.9. The number of halogens is 1. The zero-order chi connectivity index (χ0) is 29.6. The Kier molecular flexibility index (Phi) is 10.5. The van der Waals surface area contributed by atoms with E-state index in [0.717, 1.165) is 24.8 Å². The van der Waals surface area contributed by atoms with E-state index in [0.29, 0.717) is 49.5 Å². The van der Waals surface area contributed by atoms with Crippen molar-refractivity contribution in [3.05, 3.63) is 53.3 Å². The molecule has 1 N–H and O–H groups in total. The number of hydrogen-bond acceptors (Lipinski definition) is 7. The van der Waals surface area contributed by atoms with E-state index in [2.05, 4.69) is 6.92 Å². The fourth-order valence-electron chi connectivity index (χ4n) is 5.93. The lowest BCUT2D eigenvalue weighted by Gasteiger charge is -2.30. The highest BCUT2D eigenvalue weighted by atomic mass is 32.2. The van der Waals surface area contributed by atoms with Crippen molar-refractivity contribution in [1.29, 1.82) is 0 Å². The number of methoxy groups -OCH3 is 1. The molecule has 0 aliphatic carbocycles. The molecule has 0 spiro atoms. The Morgan fingerprint density at radius 2 is 1.80 bits per heavy atom. The van der Waals surface area contributed by atoms with Crippen molar-refractivity contribution in [2.75, 3.05) is 45.8 Å². The van der Waals surface area contributed by atoms with Gasteiger partial charge < -0.3 is 19.3 Å². The number of hydrogen-bond donors (Lipinski definition) is 1. The number of carboxylic acids is 1. The summed E-state index contributed by atoms with van der Waals surface area (Å²) in [4.78, 5) is 14.8. The molecule has 0 saturated carbocycles. The van der Waals surface area contributed by atoms with E-state index in [1.54, 1.807) is 12.1 Å². The lowest BCUT2D eigenvalue weighted by atomic mass is 9.82. The summed E-state index contributed by atoms with van der Waals surface area (Å²) >= 11 is 0. The second-order valence-corrected chi connectivity index (χ2v) is 12.8. The van der Waals surface area contributed by atoms with Gasteiger partial charge in [-0.25, -0.2) is 17.1 Å². The minimum absolute atomic E-state index is 0.0702. The number of nitrogens with zero attached hydrogens (tertiary/aromatic N) is 2. The first-order valence-corrected chi connectivity index (χ1v) is 16.0. The fourth-order valence-corrected chi connectivity index (χ4v) is 7.57. The second-order valence-electron chi connectivity index (χ2n) is 10.7. The molecular weight excluding hydrogens is 551 g/mol. The maximum Gasteiger partial charge on any atom is 0.309 e. The van der Waals surface area contributed by atoms with Crippen LogP contribution in [0, 0.1) is 11.7 Å². The zero-order valence-electron chi connectivity index (χ0n) is 24.1. The summed E-state index contributed by atoms with van der Waals surface area (Å²) in [7, 11) is -2.10. The smallest absolute Gasteiger partial charge is 0.309 e. The van der Waals surface area contributed by atoms with Gasteiger partial charge in [0, 0.05) is 38.1 Å². The number of unbranched alkanes of at least 4 members (excludes halogenated alkanes) is 3. The first kappa shape index (κ1) is 31.1. The first-order valence-electron chi connectivity index (χ1n) is 14.4. The number of carbonyl (C=O) groups is 1. The Balaban J connectivity index is 1.64. The van der Waals surface area contributed by atoms with Crippen molar-refractivity contribution in [3.8, 4) is 17.2 Å². The van der Waals surface area contributed by atoms with Crippen LogP contribution in [0.2, 0.25) is 0 Å². The molecule has 0 aromatic heterocycles. The normalized spacial score (nSPS) is 20.6. The molecule has 9 nitrogen and oxygen atoms in total. The van der Waals surface area contributed by atoms with Crippen molar-refractivity contribution in [3.63, 3.8) is 0 Å². The van der Waals surface area contributed by atoms with E-state index < -0.39 is 39.7 Å². The molecule has 0 amide bonds. The molecule has 1 fully saturated rings. The highest BCUT2D eigenvalue weighted by Crippen LogP contribution is 2.48. The molecule has 3 atom stereocenters. The monoisotopic (exact) mass is 592 g/mol. The van der Waals surface area contributed by atoms with Crippen molar-refractivity contribution in [1.82, 2.24) is 9.21 Å². The lowest BCUT2D eigenvalue weighted by Crippen LogP contribution is -2.40. The van der Waals surface area contributed by atoms with Crippen molar-refractivity contribution >= 4 is 16.0 Å². The average Bonchev–Trinajstić information content (AvgIpc) is 3.57. The van der Waals surface area contributed by atoms with Gasteiger partial charge in [0.2, 0.25) is 16.8 Å². The van der Waals surface area contributed by atoms with Gasteiger partial charge in [-0.3, -0.25) is 9.69 Å². The van der Waals surface area contributed by atoms with Gasteiger partial charge >= 0.3 is 5.97 Å². The van der Waals surface area contributed by atoms with E-state index >= 15 is 0 Å². The van der Waals surface area contributed by atoms with E-state index in [1.165, 1.54) is 23.5 Å². The predicted octanol–water partition coefficient (Wildman–Crippen LogP) is 5.03. The van der Waals surface area contributed by atoms with Crippen LogP contribution < -0.4 is 14.2 Å². The molecule has 1 saturated heterocycles. The molecule has 2 aliphatic heterocycles. The summed E-state index contributed by atoms with van der Waals surface area (Å²) in [5.74, 6) is -1.62. The third kappa shape index (κ3) is 7.13. The molecule has 2 aromatic carbocycles. The van der Waals surface area contributed by atoms with Gasteiger partial charge in [0.05, 0.1) is 18.8 Å². The molecule has 2 heterocycles. The topological polar surface area (TPSA) is 106 Å². The largest absolute Gasteiger partial charge is 0.494 e. The van der Waals surface area contributed by atoms with Crippen LogP contribution >= 0.6 is 0 Å². The molecule has 226 valence electrons. The van der Waals surface area contributed by atoms with E-state index in [9.17, 15) is 22.7 Å². The third-order valence-corrected chi connectivity index (χ3v) is 9.94. The number of fused-ring (bicyclic) bond motifs is 1. The number of benzene rings is 2. The highest BCUT2D eigenvalue weighted by Gasteiger charge is 2.48. The van der Waals surface area contributed by atoms with Crippen LogP contribution in [0.4, 0.5) is 4.39 Å². The van der Waals surface area contributed by atoms with Gasteiger partial charge in [0.1, 0.15) is 0 Å². The Morgan fingerprint density at radius 1 is 1.05 bits per heavy atom. The summed E-state index contributed by atoms with van der Waals surface area (Å²) in [6.07, 6.45) is 4.16. The van der Waals surface area contributed by atoms with Gasteiger partial charge in [-0.1, -0.05) is 45.2 Å². The van der Waals surface area contributed by atoms with Gasteiger partial charge in [0.25, 0.3) is 0 Å². The summed E-state index contributed by atoms with van der Waals surface area (Å²) in [6.45, 7) is 5.39. The minimum Gasteiger partial charge on any atom is -0.494 e. The fraction of sp³-hybridized carbons (Fsp3) is 0.567. The molecule has 11 heteroatoms. The number of likely N-dealkylation sites (tertiary alicyclic amines) is 1. The molecule has 4 rings (SSSR count). The average molecular weight is 593 g/mol. The highest BCUT2D eigenvalue weighted by molar-refractivity contribution is 7.89. The summed E-state index contributed by atoms with van der Waals surface area (Å²) in [5.41, 5.74) is 1.28. The lowest BCUT2D eigenvalue weighted by molar-refractivity contribution is -0.143. The number of ether oxygens (including phenoxy) is 3. The maximum atomic E-state index is 14.9. The third-order valence-electron chi connectivity index (χ3n) is 7.98. The van der Waals surface area contributed by atoms with Crippen LogP contribution in [0.5, 0.6) is 17.2 Å². The number of aliphatic carboxylic acids is 1. The second kappa shape index (κ2) is 13.8. The molecule has 2 aliphatic rings. The van der Waals surface area contributed by atoms with Crippen molar-refractivity contribution < 1.29 is 36.9 Å². The van der Waals surface area contributed by atoms with Gasteiger partial charge in [-0.2, -0.15) is 0 Å². The quantitative estimate of drug-likeness (QED) is 0.287. The van der Waals surface area contributed by atoms with E-state index in [1.807, 2.05) is 24.0 Å². The van der Waals surface area contributed by atoms with Crippen LogP contribution in [0.15, 0.2) is 36.4 Å². The minimum atomic E-state index is -3.47. The molecular formula is C30H41FN2O7S. The van der Waals surface area contributed by atoms with E-state index in [-0.39, 0.29) is 24.8 Å². The SMILES string of the molecule is CCCCCCS(=O)(=O)N(CCC)CCN1CC(c2ccc3c(c2)OCO3)[C@H](C(=O)O)[C@H]1c1ccc(OC)c(F)c1. The van der Waals surface area contributed by atoms with Crippen LogP contribution in [0.1, 0.15) is 69.0 Å². The van der Waals surface area contributed by atoms with Crippen LogP contribution in [-0.2, 0) is 14.8 Å². The Morgan fingerprint density at radius 3 is 2.49 bits per heavy atom. The Bertz CT molecular complexity index is 1310. The number of carboxylic acid groups (broad SMARTS) is 1.